The first kappa shape index (κ1) is 10.9. The lowest BCUT2D eigenvalue weighted by Crippen LogP contribution is -1.91. The molecule has 16 heavy (non-hydrogen) atoms. The molecule has 1 aromatic heterocycles. The third-order valence-electron chi connectivity index (χ3n) is 2.64. The Kier molecular flexibility index (Phi) is 2.79. The van der Waals surface area contributed by atoms with Gasteiger partial charge in [-0.25, -0.2) is 4.79 Å². The maximum absolute atomic E-state index is 10.8. The van der Waals surface area contributed by atoms with E-state index in [9.17, 15) is 4.79 Å². The fourth-order valence-electron chi connectivity index (χ4n) is 1.49. The Morgan fingerprint density at radius 2 is 1.94 bits per heavy atom. The summed E-state index contributed by atoms with van der Waals surface area (Å²) >= 11 is 1.46. The van der Waals surface area contributed by atoms with E-state index in [1.54, 1.807) is 11.4 Å². The highest BCUT2D eigenvalue weighted by molar-refractivity contribution is 7.13. The fraction of sp³-hybridized carbons (Fsp3) is 0.154. The van der Waals surface area contributed by atoms with Gasteiger partial charge in [0.25, 0.3) is 0 Å². The summed E-state index contributed by atoms with van der Waals surface area (Å²) in [7, 11) is 0. The molecular formula is C13H12O2S. The van der Waals surface area contributed by atoms with E-state index in [4.69, 9.17) is 5.11 Å². The zero-order chi connectivity index (χ0) is 11.7. The number of carboxylic acids is 1. The summed E-state index contributed by atoms with van der Waals surface area (Å²) in [5.41, 5.74) is 3.92. The normalized spacial score (nSPS) is 10.4. The van der Waals surface area contributed by atoms with Crippen LogP contribution >= 0.6 is 11.3 Å². The maximum Gasteiger partial charge on any atom is 0.336 e. The second-order valence-corrected chi connectivity index (χ2v) is 4.72. The molecule has 0 bridgehead atoms. The lowest BCUT2D eigenvalue weighted by atomic mass is 10.1. The molecule has 2 aromatic rings. The minimum Gasteiger partial charge on any atom is -0.478 e. The van der Waals surface area contributed by atoms with Gasteiger partial charge in [0.1, 0.15) is 0 Å². The Bertz CT molecular complexity index is 541. The average molecular weight is 232 g/mol. The van der Waals surface area contributed by atoms with E-state index in [1.165, 1.54) is 22.5 Å². The summed E-state index contributed by atoms with van der Waals surface area (Å²) in [6.45, 7) is 4.13. The Labute approximate surface area is 98.2 Å². The standard InChI is InChI=1S/C13H12O2S/c1-8-3-4-10(5-9(8)2)12-6-11(7-16-12)13(14)15/h3-7H,1-2H3,(H,14,15). The molecule has 3 heteroatoms. The molecule has 2 rings (SSSR count). The Balaban J connectivity index is 2.42. The minimum absolute atomic E-state index is 0.359. The molecule has 0 fully saturated rings. The van der Waals surface area contributed by atoms with Gasteiger partial charge < -0.3 is 5.11 Å². The summed E-state index contributed by atoms with van der Waals surface area (Å²) in [5, 5.41) is 10.5. The van der Waals surface area contributed by atoms with Crippen LogP contribution in [0.15, 0.2) is 29.6 Å². The van der Waals surface area contributed by atoms with E-state index in [0.29, 0.717) is 5.56 Å². The lowest BCUT2D eigenvalue weighted by molar-refractivity contribution is 0.0697. The third-order valence-corrected chi connectivity index (χ3v) is 3.62. The predicted octanol–water partition coefficient (Wildman–Crippen LogP) is 3.73. The molecule has 0 spiro atoms. The van der Waals surface area contributed by atoms with Gasteiger partial charge in [0.15, 0.2) is 0 Å². The van der Waals surface area contributed by atoms with Crippen LogP contribution in [0.4, 0.5) is 0 Å². The highest BCUT2D eigenvalue weighted by Crippen LogP contribution is 2.28. The van der Waals surface area contributed by atoms with Crippen LogP contribution in [-0.4, -0.2) is 11.1 Å². The first-order valence-corrected chi connectivity index (χ1v) is 5.85. The second-order valence-electron chi connectivity index (χ2n) is 3.80. The lowest BCUT2D eigenvalue weighted by Gasteiger charge is -2.02. The maximum atomic E-state index is 10.8. The van der Waals surface area contributed by atoms with Crippen molar-refractivity contribution < 1.29 is 9.90 Å². The Hall–Kier alpha value is -1.61. The van der Waals surface area contributed by atoms with Crippen molar-refractivity contribution in [1.82, 2.24) is 0 Å². The summed E-state index contributed by atoms with van der Waals surface area (Å²) in [4.78, 5) is 11.8. The first-order valence-electron chi connectivity index (χ1n) is 4.97. The molecule has 0 atom stereocenters. The molecule has 0 radical (unpaired) electrons. The van der Waals surface area contributed by atoms with Crippen LogP contribution in [0.2, 0.25) is 0 Å². The molecule has 0 amide bonds. The molecule has 1 aromatic carbocycles. The van der Waals surface area contributed by atoms with Crippen LogP contribution in [0.1, 0.15) is 21.5 Å². The SMILES string of the molecule is Cc1ccc(-c2cc(C(=O)O)cs2)cc1C. The molecule has 0 saturated carbocycles. The molecule has 0 aliphatic carbocycles. The van der Waals surface area contributed by atoms with Gasteiger partial charge in [-0.3, -0.25) is 0 Å². The number of aryl methyl sites for hydroxylation is 2. The average Bonchev–Trinajstić information content (AvgIpc) is 2.71. The molecule has 1 N–H and O–H groups in total. The summed E-state index contributed by atoms with van der Waals surface area (Å²) in [6.07, 6.45) is 0. The van der Waals surface area contributed by atoms with Gasteiger partial charge >= 0.3 is 5.97 Å². The molecule has 0 aliphatic rings. The van der Waals surface area contributed by atoms with Crippen molar-refractivity contribution >= 4 is 17.3 Å². The molecule has 0 saturated heterocycles. The number of carbonyl (C=O) groups is 1. The summed E-state index contributed by atoms with van der Waals surface area (Å²) in [6, 6.07) is 7.90. The van der Waals surface area contributed by atoms with Gasteiger partial charge in [-0.1, -0.05) is 18.2 Å². The number of rotatable bonds is 2. The monoisotopic (exact) mass is 232 g/mol. The Morgan fingerprint density at radius 3 is 2.50 bits per heavy atom. The van der Waals surface area contributed by atoms with Gasteiger partial charge in [0.05, 0.1) is 5.56 Å². The number of benzene rings is 1. The van der Waals surface area contributed by atoms with E-state index in [-0.39, 0.29) is 0 Å². The third kappa shape index (κ3) is 1.99. The largest absolute Gasteiger partial charge is 0.478 e. The number of aromatic carboxylic acids is 1. The summed E-state index contributed by atoms with van der Waals surface area (Å²) in [5.74, 6) is -0.869. The van der Waals surface area contributed by atoms with Crippen LogP contribution in [0.3, 0.4) is 0 Å². The van der Waals surface area contributed by atoms with Crippen molar-refractivity contribution in [2.45, 2.75) is 13.8 Å². The van der Waals surface area contributed by atoms with Crippen LogP contribution in [0.5, 0.6) is 0 Å². The molecule has 2 nitrogen and oxygen atoms in total. The van der Waals surface area contributed by atoms with Crippen LogP contribution in [0, 0.1) is 13.8 Å². The van der Waals surface area contributed by atoms with Crippen LogP contribution in [0.25, 0.3) is 10.4 Å². The highest BCUT2D eigenvalue weighted by atomic mass is 32.1. The predicted molar refractivity (Wildman–Crippen MR) is 66.2 cm³/mol. The summed E-state index contributed by atoms with van der Waals surface area (Å²) < 4.78 is 0. The first-order chi connectivity index (χ1) is 7.58. The highest BCUT2D eigenvalue weighted by Gasteiger charge is 2.08. The molecule has 0 aliphatic heterocycles. The molecular weight excluding hydrogens is 220 g/mol. The van der Waals surface area contributed by atoms with Crippen molar-refractivity contribution in [1.29, 1.82) is 0 Å². The van der Waals surface area contributed by atoms with E-state index in [1.807, 2.05) is 6.07 Å². The number of hydrogen-bond acceptors (Lipinski definition) is 2. The number of carboxylic acid groups (broad SMARTS) is 1. The van der Waals surface area contributed by atoms with Gasteiger partial charge in [0, 0.05) is 10.3 Å². The van der Waals surface area contributed by atoms with E-state index < -0.39 is 5.97 Å². The smallest absolute Gasteiger partial charge is 0.336 e. The number of thiophene rings is 1. The van der Waals surface area contributed by atoms with Crippen LogP contribution in [-0.2, 0) is 0 Å². The second kappa shape index (κ2) is 4.10. The van der Waals surface area contributed by atoms with Crippen molar-refractivity contribution in [3.05, 3.63) is 46.3 Å². The van der Waals surface area contributed by atoms with Gasteiger partial charge in [0.2, 0.25) is 0 Å². The van der Waals surface area contributed by atoms with Crippen molar-refractivity contribution in [2.75, 3.05) is 0 Å². The van der Waals surface area contributed by atoms with Crippen molar-refractivity contribution in [3.63, 3.8) is 0 Å². The minimum atomic E-state index is -0.869. The number of hydrogen-bond donors (Lipinski definition) is 1. The zero-order valence-electron chi connectivity index (χ0n) is 9.15. The van der Waals surface area contributed by atoms with Gasteiger partial charge in [-0.2, -0.15) is 0 Å². The van der Waals surface area contributed by atoms with E-state index >= 15 is 0 Å². The molecule has 82 valence electrons. The zero-order valence-corrected chi connectivity index (χ0v) is 9.97. The molecule has 0 unspecified atom stereocenters. The molecule has 1 heterocycles. The quantitative estimate of drug-likeness (QED) is 0.856. The topological polar surface area (TPSA) is 37.3 Å². The van der Waals surface area contributed by atoms with E-state index in [2.05, 4.69) is 26.0 Å². The van der Waals surface area contributed by atoms with Gasteiger partial charge in [-0.05, 0) is 36.6 Å². The fourth-order valence-corrected chi connectivity index (χ4v) is 2.38. The van der Waals surface area contributed by atoms with Crippen molar-refractivity contribution in [2.24, 2.45) is 0 Å². The van der Waals surface area contributed by atoms with Crippen molar-refractivity contribution in [3.8, 4) is 10.4 Å². The van der Waals surface area contributed by atoms with Gasteiger partial charge in [-0.15, -0.1) is 11.3 Å². The van der Waals surface area contributed by atoms with Crippen LogP contribution < -0.4 is 0 Å². The van der Waals surface area contributed by atoms with E-state index in [0.717, 1.165) is 10.4 Å². The Morgan fingerprint density at radius 1 is 1.19 bits per heavy atom.